The van der Waals surface area contributed by atoms with Crippen molar-refractivity contribution in [2.75, 3.05) is 0 Å². The quantitative estimate of drug-likeness (QED) is 0.0618. The highest BCUT2D eigenvalue weighted by molar-refractivity contribution is 5.83. The predicted octanol–water partition coefficient (Wildman–Crippen LogP) is 11.7. The smallest absolute Gasteiger partial charge is 0.0570 e. The first-order valence-electron chi connectivity index (χ1n) is 16.5. The summed E-state index contributed by atoms with van der Waals surface area (Å²) in [6.07, 6.45) is 28.3. The van der Waals surface area contributed by atoms with Crippen LogP contribution in [0.15, 0.2) is 53.7 Å². The fraction of sp³-hybridized carbons (Fsp3) is 0.649. The lowest BCUT2D eigenvalue weighted by Gasteiger charge is -2.06. The minimum absolute atomic E-state index is 0.984. The van der Waals surface area contributed by atoms with E-state index in [4.69, 9.17) is 0 Å². The maximum Gasteiger partial charge on any atom is 0.0570 e. The van der Waals surface area contributed by atoms with E-state index in [-0.39, 0.29) is 0 Å². The molecule has 2 rings (SSSR count). The summed E-state index contributed by atoms with van der Waals surface area (Å²) in [6.45, 7) is 4.31. The molecule has 0 aromatic heterocycles. The summed E-state index contributed by atoms with van der Waals surface area (Å²) in [5, 5.41) is 13.0. The van der Waals surface area contributed by atoms with Gasteiger partial charge in [-0.1, -0.05) is 155 Å². The molecule has 218 valence electrons. The zero-order valence-corrected chi connectivity index (χ0v) is 25.6. The Morgan fingerprint density at radius 2 is 0.718 bits per heavy atom. The van der Waals surface area contributed by atoms with Crippen LogP contribution in [0.1, 0.15) is 151 Å². The van der Waals surface area contributed by atoms with Gasteiger partial charge in [-0.05, 0) is 76.3 Å². The van der Waals surface area contributed by atoms with Crippen molar-refractivity contribution in [1.82, 2.24) is 0 Å². The van der Waals surface area contributed by atoms with Gasteiger partial charge in [0.2, 0.25) is 0 Å². The predicted molar refractivity (Wildman–Crippen MR) is 171 cm³/mol. The van der Waals surface area contributed by atoms with E-state index in [2.05, 4.69) is 67.5 Å². The van der Waals surface area contributed by atoms with Crippen LogP contribution in [0.5, 0.6) is 0 Å². The Hall–Kier alpha value is -2.09. The van der Waals surface area contributed by atoms with Crippen LogP contribution in [-0.4, -0.2) is 10.9 Å². The summed E-state index contributed by atoms with van der Waals surface area (Å²) in [5.74, 6) is 0. The second kappa shape index (κ2) is 22.7. The summed E-state index contributed by atoms with van der Waals surface area (Å²) < 4.78 is 0. The Kier molecular flexibility index (Phi) is 19.3. The Bertz CT molecular complexity index is 782. The molecule has 0 aliphatic heterocycles. The molecule has 0 heterocycles. The van der Waals surface area contributed by atoms with Gasteiger partial charge in [0.05, 0.1) is 5.71 Å². The highest BCUT2D eigenvalue weighted by Crippen LogP contribution is 2.16. The van der Waals surface area contributed by atoms with Crippen molar-refractivity contribution in [2.45, 2.75) is 155 Å². The standard InChI is InChI=1S/C37H59NO/c1-33-25-29-35(30-26-33)21-17-13-9-5-3-7-11-15-19-23-37(38-39)24-20-16-12-8-4-6-10-14-18-22-36-31-27-34(2)28-32-36/h25-32,39H,3-24H2,1-2H3. The molecule has 0 atom stereocenters. The van der Waals surface area contributed by atoms with Crippen LogP contribution in [-0.2, 0) is 12.8 Å². The number of unbranched alkanes of at least 4 members (excludes halogenated alkanes) is 16. The number of nitrogens with zero attached hydrogens (tertiary/aromatic N) is 1. The molecule has 0 spiro atoms. The average Bonchev–Trinajstić information content (AvgIpc) is 2.95. The lowest BCUT2D eigenvalue weighted by atomic mass is 10.0. The summed E-state index contributed by atoms with van der Waals surface area (Å²) in [6, 6.07) is 18.0. The molecule has 0 saturated heterocycles. The summed E-state index contributed by atoms with van der Waals surface area (Å²) in [5.41, 5.74) is 6.70. The fourth-order valence-electron chi connectivity index (χ4n) is 5.53. The van der Waals surface area contributed by atoms with Gasteiger partial charge in [-0.2, -0.15) is 0 Å². The van der Waals surface area contributed by atoms with Gasteiger partial charge in [0, 0.05) is 0 Å². The van der Waals surface area contributed by atoms with Crippen molar-refractivity contribution >= 4 is 5.71 Å². The van der Waals surface area contributed by atoms with Gasteiger partial charge in [0.25, 0.3) is 0 Å². The maximum atomic E-state index is 9.37. The van der Waals surface area contributed by atoms with Crippen molar-refractivity contribution in [3.63, 3.8) is 0 Å². The first-order chi connectivity index (χ1) is 19.2. The van der Waals surface area contributed by atoms with Crippen LogP contribution in [0.25, 0.3) is 0 Å². The molecular formula is C37H59NO. The molecule has 0 bridgehead atoms. The topological polar surface area (TPSA) is 32.6 Å². The molecule has 1 N–H and O–H groups in total. The second-order valence-electron chi connectivity index (χ2n) is 12.0. The van der Waals surface area contributed by atoms with Crippen molar-refractivity contribution in [1.29, 1.82) is 0 Å². The van der Waals surface area contributed by atoms with Gasteiger partial charge in [-0.3, -0.25) is 0 Å². The first-order valence-corrected chi connectivity index (χ1v) is 16.5. The van der Waals surface area contributed by atoms with Crippen LogP contribution in [0, 0.1) is 13.8 Å². The number of hydrogen-bond donors (Lipinski definition) is 1. The molecule has 2 aromatic carbocycles. The Balaban J connectivity index is 1.29. The van der Waals surface area contributed by atoms with Gasteiger partial charge in [0.1, 0.15) is 0 Å². The van der Waals surface area contributed by atoms with Crippen LogP contribution in [0.2, 0.25) is 0 Å². The lowest BCUT2D eigenvalue weighted by molar-refractivity contribution is 0.315. The molecular weight excluding hydrogens is 474 g/mol. The normalized spacial score (nSPS) is 11.1. The van der Waals surface area contributed by atoms with E-state index in [0.717, 1.165) is 18.6 Å². The van der Waals surface area contributed by atoms with Gasteiger partial charge >= 0.3 is 0 Å². The van der Waals surface area contributed by atoms with Crippen molar-refractivity contribution in [3.05, 3.63) is 70.8 Å². The monoisotopic (exact) mass is 533 g/mol. The zero-order chi connectivity index (χ0) is 27.8. The van der Waals surface area contributed by atoms with Crippen molar-refractivity contribution < 1.29 is 5.21 Å². The molecule has 0 aliphatic carbocycles. The molecule has 0 saturated carbocycles. The highest BCUT2D eigenvalue weighted by Gasteiger charge is 2.02. The van der Waals surface area contributed by atoms with E-state index in [1.165, 1.54) is 151 Å². The molecule has 0 radical (unpaired) electrons. The van der Waals surface area contributed by atoms with E-state index < -0.39 is 0 Å². The van der Waals surface area contributed by atoms with Crippen LogP contribution < -0.4 is 0 Å². The number of rotatable bonds is 24. The number of benzene rings is 2. The molecule has 0 aliphatic rings. The SMILES string of the molecule is Cc1ccc(CCCCCCCCCCCC(CCCCCCCCCCCc2ccc(C)cc2)=NO)cc1. The van der Waals surface area contributed by atoms with E-state index in [1.807, 2.05) is 0 Å². The van der Waals surface area contributed by atoms with Gasteiger partial charge in [0.15, 0.2) is 0 Å². The summed E-state index contributed by atoms with van der Waals surface area (Å²) >= 11 is 0. The van der Waals surface area contributed by atoms with Gasteiger partial charge in [-0.15, -0.1) is 0 Å². The third-order valence-corrected chi connectivity index (χ3v) is 8.24. The molecule has 0 amide bonds. The minimum atomic E-state index is 0.984. The van der Waals surface area contributed by atoms with E-state index >= 15 is 0 Å². The number of oxime groups is 1. The Morgan fingerprint density at radius 1 is 0.436 bits per heavy atom. The van der Waals surface area contributed by atoms with Crippen LogP contribution in [0.3, 0.4) is 0 Å². The third kappa shape index (κ3) is 18.0. The second-order valence-corrected chi connectivity index (χ2v) is 12.0. The molecule has 0 fully saturated rings. The minimum Gasteiger partial charge on any atom is -0.411 e. The largest absolute Gasteiger partial charge is 0.411 e. The number of aryl methyl sites for hydroxylation is 4. The molecule has 2 heteroatoms. The Morgan fingerprint density at radius 3 is 1.03 bits per heavy atom. The van der Waals surface area contributed by atoms with Crippen LogP contribution in [0.4, 0.5) is 0 Å². The lowest BCUT2D eigenvalue weighted by Crippen LogP contribution is -1.99. The van der Waals surface area contributed by atoms with E-state index in [1.54, 1.807) is 0 Å². The van der Waals surface area contributed by atoms with Crippen LogP contribution >= 0.6 is 0 Å². The third-order valence-electron chi connectivity index (χ3n) is 8.24. The molecule has 2 aromatic rings. The molecule has 2 nitrogen and oxygen atoms in total. The first kappa shape index (κ1) is 33.1. The highest BCUT2D eigenvalue weighted by atomic mass is 16.4. The fourth-order valence-corrected chi connectivity index (χ4v) is 5.53. The average molecular weight is 534 g/mol. The van der Waals surface area contributed by atoms with Crippen molar-refractivity contribution in [2.24, 2.45) is 5.16 Å². The van der Waals surface area contributed by atoms with Crippen molar-refractivity contribution in [3.8, 4) is 0 Å². The van der Waals surface area contributed by atoms with E-state index in [0.29, 0.717) is 0 Å². The zero-order valence-electron chi connectivity index (χ0n) is 25.6. The summed E-state index contributed by atoms with van der Waals surface area (Å²) in [4.78, 5) is 0. The van der Waals surface area contributed by atoms with E-state index in [9.17, 15) is 5.21 Å². The maximum absolute atomic E-state index is 9.37. The summed E-state index contributed by atoms with van der Waals surface area (Å²) in [7, 11) is 0. The van der Waals surface area contributed by atoms with Gasteiger partial charge < -0.3 is 5.21 Å². The number of hydrogen-bond acceptors (Lipinski definition) is 2. The van der Waals surface area contributed by atoms with Gasteiger partial charge in [-0.25, -0.2) is 0 Å². The molecule has 39 heavy (non-hydrogen) atoms. The Labute approximate surface area is 241 Å². The molecule has 0 unspecified atom stereocenters.